The minimum absolute atomic E-state index is 0.00360. The lowest BCUT2D eigenvalue weighted by atomic mass is 10.2. The average Bonchev–Trinajstić information content (AvgIpc) is 2.95. The Balaban J connectivity index is 2.24. The Morgan fingerprint density at radius 3 is 2.60 bits per heavy atom. The van der Waals surface area contributed by atoms with Crippen molar-refractivity contribution in [3.63, 3.8) is 0 Å². The van der Waals surface area contributed by atoms with Gasteiger partial charge in [-0.15, -0.1) is 0 Å². The zero-order valence-electron chi connectivity index (χ0n) is 10.9. The van der Waals surface area contributed by atoms with Gasteiger partial charge in [0.25, 0.3) is 5.69 Å². The van der Waals surface area contributed by atoms with Gasteiger partial charge in [0.15, 0.2) is 5.82 Å². The Bertz CT molecular complexity index is 635. The minimum Gasteiger partial charge on any atom is -0.467 e. The molecule has 0 saturated heterocycles. The van der Waals surface area contributed by atoms with Crippen LogP contribution in [-0.4, -0.2) is 32.8 Å². The molecule has 0 fully saturated rings. The molecular weight excluding hydrogens is 264 g/mol. The Morgan fingerprint density at radius 1 is 1.40 bits per heavy atom. The average molecular weight is 276 g/mol. The molecule has 2 rings (SSSR count). The molecule has 2 aromatic rings. The summed E-state index contributed by atoms with van der Waals surface area (Å²) in [6, 6.07) is 5.28. The fourth-order valence-corrected chi connectivity index (χ4v) is 1.60. The predicted octanol–water partition coefficient (Wildman–Crippen LogP) is 1.59. The number of nitrogens with zero attached hydrogens (tertiary/aromatic N) is 4. The molecule has 1 atom stereocenters. The first kappa shape index (κ1) is 13.7. The lowest BCUT2D eigenvalue weighted by molar-refractivity contribution is -0.384. The number of nitro groups is 1. The van der Waals surface area contributed by atoms with Gasteiger partial charge in [-0.2, -0.15) is 5.10 Å². The molecule has 0 aliphatic carbocycles. The summed E-state index contributed by atoms with van der Waals surface area (Å²) in [4.78, 5) is 25.6. The van der Waals surface area contributed by atoms with Gasteiger partial charge in [-0.05, 0) is 19.1 Å². The summed E-state index contributed by atoms with van der Waals surface area (Å²) >= 11 is 0. The summed E-state index contributed by atoms with van der Waals surface area (Å²) in [7, 11) is 1.30. The standard InChI is InChI=1S/C12H12N4O4/c1-8(12(17)20-2)15-7-13-11(14-15)9-3-5-10(6-4-9)16(18)19/h3-8H,1-2H3/t8-/m0/s1. The highest BCUT2D eigenvalue weighted by molar-refractivity contribution is 5.73. The zero-order chi connectivity index (χ0) is 14.7. The van der Waals surface area contributed by atoms with Crippen LogP contribution in [0, 0.1) is 10.1 Å². The smallest absolute Gasteiger partial charge is 0.330 e. The van der Waals surface area contributed by atoms with Crippen molar-refractivity contribution in [2.45, 2.75) is 13.0 Å². The lowest BCUT2D eigenvalue weighted by Crippen LogP contribution is -2.18. The summed E-state index contributed by atoms with van der Waals surface area (Å²) in [6.07, 6.45) is 1.42. The number of ether oxygens (including phenoxy) is 1. The highest BCUT2D eigenvalue weighted by Gasteiger charge is 2.17. The van der Waals surface area contributed by atoms with Crippen molar-refractivity contribution in [1.82, 2.24) is 14.8 Å². The summed E-state index contributed by atoms with van der Waals surface area (Å²) in [5.41, 5.74) is 0.627. The number of carbonyl (C=O) groups is 1. The Kier molecular flexibility index (Phi) is 3.74. The van der Waals surface area contributed by atoms with E-state index >= 15 is 0 Å². The van der Waals surface area contributed by atoms with Gasteiger partial charge >= 0.3 is 5.97 Å². The van der Waals surface area contributed by atoms with Gasteiger partial charge in [0, 0.05) is 17.7 Å². The molecule has 0 saturated carbocycles. The van der Waals surface area contributed by atoms with Crippen LogP contribution in [0.1, 0.15) is 13.0 Å². The van der Waals surface area contributed by atoms with Crippen LogP contribution in [-0.2, 0) is 9.53 Å². The van der Waals surface area contributed by atoms with Crippen LogP contribution in [0.25, 0.3) is 11.4 Å². The fraction of sp³-hybridized carbons (Fsp3) is 0.250. The molecule has 0 unspecified atom stereocenters. The second kappa shape index (κ2) is 5.47. The van der Waals surface area contributed by atoms with E-state index in [2.05, 4.69) is 14.8 Å². The number of hydrogen-bond donors (Lipinski definition) is 0. The normalized spacial score (nSPS) is 11.9. The van der Waals surface area contributed by atoms with Crippen LogP contribution in [0.3, 0.4) is 0 Å². The van der Waals surface area contributed by atoms with Crippen molar-refractivity contribution in [2.75, 3.05) is 7.11 Å². The molecule has 104 valence electrons. The number of non-ortho nitro benzene ring substituents is 1. The molecule has 0 aliphatic heterocycles. The van der Waals surface area contributed by atoms with Gasteiger partial charge in [0.2, 0.25) is 0 Å². The summed E-state index contributed by atoms with van der Waals surface area (Å²) in [5.74, 6) is -0.0409. The number of carbonyl (C=O) groups excluding carboxylic acids is 1. The molecule has 0 amide bonds. The van der Waals surface area contributed by atoms with Crippen molar-refractivity contribution in [1.29, 1.82) is 0 Å². The molecule has 0 spiro atoms. The minimum atomic E-state index is -0.584. The van der Waals surface area contributed by atoms with Gasteiger partial charge < -0.3 is 4.74 Å². The number of esters is 1. The van der Waals surface area contributed by atoms with Crippen LogP contribution in [0.5, 0.6) is 0 Å². The van der Waals surface area contributed by atoms with E-state index in [0.29, 0.717) is 11.4 Å². The Labute approximate surface area is 114 Å². The van der Waals surface area contributed by atoms with E-state index in [-0.39, 0.29) is 5.69 Å². The van der Waals surface area contributed by atoms with E-state index < -0.39 is 16.9 Å². The van der Waals surface area contributed by atoms with Crippen LogP contribution in [0.4, 0.5) is 5.69 Å². The monoisotopic (exact) mass is 276 g/mol. The van der Waals surface area contributed by atoms with Gasteiger partial charge in [-0.3, -0.25) is 10.1 Å². The molecule has 0 radical (unpaired) electrons. The van der Waals surface area contributed by atoms with E-state index in [4.69, 9.17) is 0 Å². The molecule has 1 aromatic heterocycles. The van der Waals surface area contributed by atoms with E-state index in [1.165, 1.54) is 30.3 Å². The van der Waals surface area contributed by atoms with Gasteiger partial charge in [-0.25, -0.2) is 14.5 Å². The first-order chi connectivity index (χ1) is 9.52. The molecule has 0 bridgehead atoms. The number of methoxy groups -OCH3 is 1. The molecule has 20 heavy (non-hydrogen) atoms. The lowest BCUT2D eigenvalue weighted by Gasteiger charge is -2.07. The van der Waals surface area contributed by atoms with Crippen molar-refractivity contribution in [3.05, 3.63) is 40.7 Å². The molecule has 8 nitrogen and oxygen atoms in total. The van der Waals surface area contributed by atoms with Gasteiger partial charge in [0.05, 0.1) is 12.0 Å². The van der Waals surface area contributed by atoms with E-state index in [1.807, 2.05) is 0 Å². The SMILES string of the molecule is COC(=O)[C@H](C)n1cnc(-c2ccc([N+](=O)[O-])cc2)n1. The number of hydrogen-bond acceptors (Lipinski definition) is 6. The second-order valence-corrected chi connectivity index (χ2v) is 4.05. The fourth-order valence-electron chi connectivity index (χ4n) is 1.60. The maximum atomic E-state index is 11.4. The van der Waals surface area contributed by atoms with Crippen molar-refractivity contribution in [3.8, 4) is 11.4 Å². The van der Waals surface area contributed by atoms with Crippen molar-refractivity contribution in [2.24, 2.45) is 0 Å². The van der Waals surface area contributed by atoms with Crippen LogP contribution >= 0.6 is 0 Å². The molecule has 8 heteroatoms. The first-order valence-electron chi connectivity index (χ1n) is 5.76. The highest BCUT2D eigenvalue weighted by Crippen LogP contribution is 2.19. The highest BCUT2D eigenvalue weighted by atomic mass is 16.6. The number of benzene rings is 1. The van der Waals surface area contributed by atoms with Crippen molar-refractivity contribution < 1.29 is 14.5 Å². The second-order valence-electron chi connectivity index (χ2n) is 4.05. The summed E-state index contributed by atoms with van der Waals surface area (Å²) in [6.45, 7) is 1.64. The molecular formula is C12H12N4O4. The largest absolute Gasteiger partial charge is 0.467 e. The maximum absolute atomic E-state index is 11.4. The van der Waals surface area contributed by atoms with Gasteiger partial charge in [0.1, 0.15) is 12.4 Å². The third-order valence-electron chi connectivity index (χ3n) is 2.78. The molecule has 1 aromatic carbocycles. The zero-order valence-corrected chi connectivity index (χ0v) is 10.9. The number of rotatable bonds is 4. The molecule has 0 aliphatic rings. The number of nitro benzene ring substituents is 1. The van der Waals surface area contributed by atoms with Crippen molar-refractivity contribution >= 4 is 11.7 Å². The van der Waals surface area contributed by atoms with E-state index in [1.54, 1.807) is 19.1 Å². The van der Waals surface area contributed by atoms with E-state index in [0.717, 1.165) is 0 Å². The van der Waals surface area contributed by atoms with Crippen LogP contribution in [0.2, 0.25) is 0 Å². The quantitative estimate of drug-likeness (QED) is 0.477. The van der Waals surface area contributed by atoms with Gasteiger partial charge in [-0.1, -0.05) is 0 Å². The summed E-state index contributed by atoms with van der Waals surface area (Å²) in [5, 5.41) is 14.7. The Morgan fingerprint density at radius 2 is 2.05 bits per heavy atom. The summed E-state index contributed by atoms with van der Waals surface area (Å²) < 4.78 is 6.00. The topological polar surface area (TPSA) is 100 Å². The molecule has 1 heterocycles. The van der Waals surface area contributed by atoms with Crippen LogP contribution < -0.4 is 0 Å². The number of aromatic nitrogens is 3. The first-order valence-corrected chi connectivity index (χ1v) is 5.76. The van der Waals surface area contributed by atoms with E-state index in [9.17, 15) is 14.9 Å². The Hall–Kier alpha value is -2.77. The third-order valence-corrected chi connectivity index (χ3v) is 2.78. The predicted molar refractivity (Wildman–Crippen MR) is 68.8 cm³/mol. The third kappa shape index (κ3) is 2.63. The van der Waals surface area contributed by atoms with Crippen LogP contribution in [0.15, 0.2) is 30.6 Å². The maximum Gasteiger partial charge on any atom is 0.330 e. The molecule has 0 N–H and O–H groups in total.